The number of ether oxygens (including phenoxy) is 1. The predicted molar refractivity (Wildman–Crippen MR) is 123 cm³/mol. The minimum atomic E-state index is -0.108. The second kappa shape index (κ2) is 10.6. The number of amides is 1. The van der Waals surface area contributed by atoms with Gasteiger partial charge < -0.3 is 19.8 Å². The molecule has 0 bridgehead atoms. The van der Waals surface area contributed by atoms with E-state index < -0.39 is 0 Å². The van der Waals surface area contributed by atoms with E-state index in [0.717, 1.165) is 27.1 Å². The highest BCUT2D eigenvalue weighted by molar-refractivity contribution is 8.01. The molecule has 1 amide bonds. The van der Waals surface area contributed by atoms with Crippen molar-refractivity contribution in [2.75, 3.05) is 16.4 Å². The number of thioether (sulfide) groups is 1. The summed E-state index contributed by atoms with van der Waals surface area (Å²) in [6.45, 7) is 1.04. The van der Waals surface area contributed by atoms with Crippen LogP contribution in [0.15, 0.2) is 81.8 Å². The number of nitrogens with one attached hydrogen (secondary N) is 2. The molecule has 0 aliphatic rings. The molecule has 7 nitrogen and oxygen atoms in total. The zero-order valence-electron chi connectivity index (χ0n) is 16.5. The molecule has 2 aromatic heterocycles. The van der Waals surface area contributed by atoms with Crippen LogP contribution in [0.25, 0.3) is 0 Å². The van der Waals surface area contributed by atoms with Gasteiger partial charge in [-0.1, -0.05) is 53.4 Å². The van der Waals surface area contributed by atoms with Crippen molar-refractivity contribution >= 4 is 39.8 Å². The summed E-state index contributed by atoms with van der Waals surface area (Å²) in [5, 5.41) is 14.9. The lowest BCUT2D eigenvalue weighted by Crippen LogP contribution is -2.13. The van der Waals surface area contributed by atoms with E-state index in [0.29, 0.717) is 18.3 Å². The lowest BCUT2D eigenvalue weighted by atomic mass is 10.2. The van der Waals surface area contributed by atoms with Gasteiger partial charge >= 0.3 is 0 Å². The Morgan fingerprint density at radius 1 is 1.03 bits per heavy atom. The summed E-state index contributed by atoms with van der Waals surface area (Å²) >= 11 is 2.75. The van der Waals surface area contributed by atoms with Crippen LogP contribution in [-0.4, -0.2) is 21.9 Å². The molecule has 31 heavy (non-hydrogen) atoms. The molecule has 2 N–H and O–H groups in total. The van der Waals surface area contributed by atoms with Crippen molar-refractivity contribution in [2.45, 2.75) is 17.5 Å². The molecule has 4 aromatic rings. The van der Waals surface area contributed by atoms with E-state index in [1.165, 1.54) is 23.1 Å². The molecule has 0 saturated heterocycles. The van der Waals surface area contributed by atoms with Crippen LogP contribution in [0.3, 0.4) is 0 Å². The average Bonchev–Trinajstić information content (AvgIpc) is 3.48. The van der Waals surface area contributed by atoms with E-state index in [-0.39, 0.29) is 11.7 Å². The molecule has 2 aromatic carbocycles. The first-order chi connectivity index (χ1) is 15.2. The van der Waals surface area contributed by atoms with Crippen LogP contribution < -0.4 is 15.4 Å². The van der Waals surface area contributed by atoms with Crippen LogP contribution in [-0.2, 0) is 17.9 Å². The first-order valence-corrected chi connectivity index (χ1v) is 11.3. The number of carbonyl (C=O) groups excluding carboxylic acids is 1. The van der Waals surface area contributed by atoms with Gasteiger partial charge in [-0.3, -0.25) is 4.79 Å². The Morgan fingerprint density at radius 2 is 1.87 bits per heavy atom. The Kier molecular flexibility index (Phi) is 7.20. The monoisotopic (exact) mass is 452 g/mol. The number of hydrogen-bond donors (Lipinski definition) is 2. The Hall–Kier alpha value is -3.30. The third kappa shape index (κ3) is 6.59. The number of carbonyl (C=O) groups is 1. The third-order valence-corrected chi connectivity index (χ3v) is 6.13. The molecule has 9 heteroatoms. The Morgan fingerprint density at radius 3 is 2.65 bits per heavy atom. The molecule has 0 aliphatic heterocycles. The Bertz CT molecular complexity index is 1080. The van der Waals surface area contributed by atoms with Crippen molar-refractivity contribution in [3.05, 3.63) is 84.3 Å². The summed E-state index contributed by atoms with van der Waals surface area (Å²) in [5.41, 5.74) is 1.82. The summed E-state index contributed by atoms with van der Waals surface area (Å²) in [7, 11) is 0. The van der Waals surface area contributed by atoms with Crippen molar-refractivity contribution in [3.8, 4) is 5.75 Å². The van der Waals surface area contributed by atoms with E-state index in [2.05, 4.69) is 20.8 Å². The summed E-state index contributed by atoms with van der Waals surface area (Å²) in [6.07, 6.45) is 1.63. The molecular formula is C22H20N4O3S2. The van der Waals surface area contributed by atoms with Gasteiger partial charge in [-0.25, -0.2) is 0 Å². The number of aromatic nitrogens is 2. The fourth-order valence-corrected chi connectivity index (χ4v) is 4.16. The fourth-order valence-electron chi connectivity index (χ4n) is 2.62. The van der Waals surface area contributed by atoms with Gasteiger partial charge in [-0.05, 0) is 42.0 Å². The molecule has 2 heterocycles. The van der Waals surface area contributed by atoms with E-state index in [9.17, 15) is 4.79 Å². The SMILES string of the molecule is O=C(CSc1nnc(NCc2ccco2)s1)Nc1ccc(OCc2ccccc2)cc1. The summed E-state index contributed by atoms with van der Waals surface area (Å²) < 4.78 is 11.8. The number of hydrogen-bond acceptors (Lipinski definition) is 8. The second-order valence-corrected chi connectivity index (χ2v) is 8.64. The zero-order valence-corrected chi connectivity index (χ0v) is 18.1. The molecule has 0 fully saturated rings. The standard InChI is InChI=1S/C22H20N4O3S2/c27-20(15-30-22-26-25-21(31-22)23-13-19-7-4-12-28-19)24-17-8-10-18(11-9-17)29-14-16-5-2-1-3-6-16/h1-12H,13-15H2,(H,23,25)(H,24,27). The maximum atomic E-state index is 12.2. The highest BCUT2D eigenvalue weighted by Crippen LogP contribution is 2.26. The van der Waals surface area contributed by atoms with Crippen LogP contribution in [0.2, 0.25) is 0 Å². The molecule has 0 atom stereocenters. The zero-order chi connectivity index (χ0) is 21.3. The van der Waals surface area contributed by atoms with Gasteiger partial charge in [-0.2, -0.15) is 0 Å². The number of furan rings is 1. The maximum absolute atomic E-state index is 12.2. The summed E-state index contributed by atoms with van der Waals surface area (Å²) in [6, 6.07) is 21.0. The molecule has 4 rings (SSSR count). The van der Waals surface area contributed by atoms with Crippen molar-refractivity contribution in [3.63, 3.8) is 0 Å². The maximum Gasteiger partial charge on any atom is 0.234 e. The van der Waals surface area contributed by atoms with Crippen molar-refractivity contribution in [1.29, 1.82) is 0 Å². The van der Waals surface area contributed by atoms with Crippen LogP contribution in [0.4, 0.5) is 10.8 Å². The van der Waals surface area contributed by atoms with Gasteiger partial charge in [0.1, 0.15) is 18.1 Å². The highest BCUT2D eigenvalue weighted by Gasteiger charge is 2.09. The number of anilines is 2. The third-order valence-electron chi connectivity index (χ3n) is 4.11. The van der Waals surface area contributed by atoms with Crippen molar-refractivity contribution in [1.82, 2.24) is 10.2 Å². The van der Waals surface area contributed by atoms with Crippen molar-refractivity contribution in [2.24, 2.45) is 0 Å². The Balaban J connectivity index is 1.19. The first kappa shape index (κ1) is 21.0. The predicted octanol–water partition coefficient (Wildman–Crippen LogP) is 5.05. The molecule has 0 saturated carbocycles. The van der Waals surface area contributed by atoms with E-state index >= 15 is 0 Å². The van der Waals surface area contributed by atoms with Gasteiger partial charge in [0.05, 0.1) is 18.6 Å². The van der Waals surface area contributed by atoms with Gasteiger partial charge in [0.2, 0.25) is 11.0 Å². The lowest BCUT2D eigenvalue weighted by Gasteiger charge is -2.08. The Labute approximate surface area is 187 Å². The van der Waals surface area contributed by atoms with E-state index in [1.807, 2.05) is 66.7 Å². The molecule has 0 unspecified atom stereocenters. The molecule has 158 valence electrons. The highest BCUT2D eigenvalue weighted by atomic mass is 32.2. The van der Waals surface area contributed by atoms with Crippen LogP contribution in [0.1, 0.15) is 11.3 Å². The summed E-state index contributed by atoms with van der Waals surface area (Å²) in [4.78, 5) is 12.2. The van der Waals surface area contributed by atoms with Gasteiger partial charge in [0.15, 0.2) is 4.34 Å². The topological polar surface area (TPSA) is 89.3 Å². The minimum absolute atomic E-state index is 0.108. The summed E-state index contributed by atoms with van der Waals surface area (Å²) in [5.74, 6) is 1.71. The van der Waals surface area contributed by atoms with Crippen LogP contribution in [0.5, 0.6) is 5.75 Å². The smallest absolute Gasteiger partial charge is 0.234 e. The molecule has 0 radical (unpaired) electrons. The molecule has 0 spiro atoms. The molecule has 0 aliphatic carbocycles. The normalized spacial score (nSPS) is 10.6. The largest absolute Gasteiger partial charge is 0.489 e. The quantitative estimate of drug-likeness (QED) is 0.325. The van der Waals surface area contributed by atoms with Crippen molar-refractivity contribution < 1.29 is 13.9 Å². The van der Waals surface area contributed by atoms with E-state index in [4.69, 9.17) is 9.15 Å². The minimum Gasteiger partial charge on any atom is -0.489 e. The van der Waals surface area contributed by atoms with Gasteiger partial charge in [0, 0.05) is 5.69 Å². The second-order valence-electron chi connectivity index (χ2n) is 6.44. The average molecular weight is 453 g/mol. The molecular weight excluding hydrogens is 432 g/mol. The fraction of sp³-hybridized carbons (Fsp3) is 0.136. The van der Waals surface area contributed by atoms with Gasteiger partial charge in [0.25, 0.3) is 0 Å². The van der Waals surface area contributed by atoms with Crippen LogP contribution >= 0.6 is 23.1 Å². The van der Waals surface area contributed by atoms with Crippen LogP contribution in [0, 0.1) is 0 Å². The first-order valence-electron chi connectivity index (χ1n) is 9.54. The number of nitrogens with zero attached hydrogens (tertiary/aromatic N) is 2. The van der Waals surface area contributed by atoms with E-state index in [1.54, 1.807) is 6.26 Å². The van der Waals surface area contributed by atoms with Gasteiger partial charge in [-0.15, -0.1) is 10.2 Å². The lowest BCUT2D eigenvalue weighted by molar-refractivity contribution is -0.113. The number of benzene rings is 2. The number of rotatable bonds is 10.